The first-order chi connectivity index (χ1) is 7.72. The van der Waals surface area contributed by atoms with E-state index in [0.717, 1.165) is 28.8 Å². The molecule has 2 heterocycles. The number of methoxy groups -OCH3 is 1. The Labute approximate surface area is 92.5 Å². The van der Waals surface area contributed by atoms with E-state index in [4.69, 9.17) is 4.74 Å². The van der Waals surface area contributed by atoms with Gasteiger partial charge in [-0.05, 0) is 25.5 Å². The zero-order valence-electron chi connectivity index (χ0n) is 9.23. The maximum Gasteiger partial charge on any atom is 0.269 e. The molecule has 1 aliphatic heterocycles. The van der Waals surface area contributed by atoms with Crippen LogP contribution in [0, 0.1) is 0 Å². The molecule has 82 valence electrons. The fraction of sp³-hybridized carbons (Fsp3) is 0.333. The Kier molecular flexibility index (Phi) is 1.80. The highest BCUT2D eigenvalue weighted by Gasteiger charge is 2.25. The zero-order chi connectivity index (χ0) is 11.3. The van der Waals surface area contributed by atoms with Crippen molar-refractivity contribution in [1.82, 2.24) is 9.55 Å². The Morgan fingerprint density at radius 2 is 2.31 bits per heavy atom. The van der Waals surface area contributed by atoms with Gasteiger partial charge in [0.1, 0.15) is 5.75 Å². The predicted octanol–water partition coefficient (Wildman–Crippen LogP) is 1.52. The molecule has 1 aliphatic rings. The van der Waals surface area contributed by atoms with E-state index in [2.05, 4.69) is 4.98 Å². The number of nitrogens with zero attached hydrogens (tertiary/aromatic N) is 2. The number of hydrogen-bond acceptors (Lipinski definition) is 3. The van der Waals surface area contributed by atoms with Crippen molar-refractivity contribution in [3.63, 3.8) is 0 Å². The third kappa shape index (κ3) is 1.04. The van der Waals surface area contributed by atoms with Crippen LogP contribution in [0.4, 0.5) is 0 Å². The molecular weight excluding hydrogens is 204 g/mol. The highest BCUT2D eigenvalue weighted by Crippen LogP contribution is 2.35. The van der Waals surface area contributed by atoms with E-state index in [1.807, 2.05) is 19.1 Å². The molecule has 1 aromatic heterocycles. The molecular formula is C12H12N2O2. The molecule has 0 fully saturated rings. The smallest absolute Gasteiger partial charge is 0.269 e. The summed E-state index contributed by atoms with van der Waals surface area (Å²) in [5, 5.41) is 0. The van der Waals surface area contributed by atoms with Crippen LogP contribution in [0.3, 0.4) is 0 Å². The van der Waals surface area contributed by atoms with Crippen molar-refractivity contribution in [3.8, 4) is 5.75 Å². The maximum atomic E-state index is 11.8. The van der Waals surface area contributed by atoms with Crippen LogP contribution in [0.2, 0.25) is 0 Å². The van der Waals surface area contributed by atoms with Crippen LogP contribution < -0.4 is 10.3 Å². The second-order valence-corrected chi connectivity index (χ2v) is 4.13. The Bertz CT molecular complexity index is 631. The molecule has 2 aromatic rings. The monoisotopic (exact) mass is 216 g/mol. The van der Waals surface area contributed by atoms with Crippen LogP contribution in [0.5, 0.6) is 5.75 Å². The van der Waals surface area contributed by atoms with Gasteiger partial charge >= 0.3 is 0 Å². The van der Waals surface area contributed by atoms with Crippen molar-refractivity contribution in [2.45, 2.75) is 19.4 Å². The lowest BCUT2D eigenvalue weighted by Gasteiger charge is -2.07. The van der Waals surface area contributed by atoms with Crippen LogP contribution in [-0.2, 0) is 6.42 Å². The lowest BCUT2D eigenvalue weighted by molar-refractivity contribution is 0.409. The number of hydrogen-bond donors (Lipinski definition) is 0. The van der Waals surface area contributed by atoms with Crippen molar-refractivity contribution < 1.29 is 4.74 Å². The third-order valence-corrected chi connectivity index (χ3v) is 3.17. The lowest BCUT2D eigenvalue weighted by Crippen LogP contribution is -2.20. The van der Waals surface area contributed by atoms with E-state index in [1.54, 1.807) is 11.7 Å². The largest absolute Gasteiger partial charge is 0.496 e. The van der Waals surface area contributed by atoms with Crippen molar-refractivity contribution in [2.75, 3.05) is 7.11 Å². The second kappa shape index (κ2) is 3.07. The first kappa shape index (κ1) is 9.39. The van der Waals surface area contributed by atoms with Crippen LogP contribution in [-0.4, -0.2) is 16.7 Å². The van der Waals surface area contributed by atoms with Gasteiger partial charge in [-0.1, -0.05) is 0 Å². The summed E-state index contributed by atoms with van der Waals surface area (Å²) in [5.41, 5.74) is 2.85. The maximum absolute atomic E-state index is 11.8. The summed E-state index contributed by atoms with van der Waals surface area (Å²) in [5.74, 6) is 0.845. The zero-order valence-corrected chi connectivity index (χ0v) is 9.23. The van der Waals surface area contributed by atoms with Gasteiger partial charge in [-0.2, -0.15) is 0 Å². The van der Waals surface area contributed by atoms with Gasteiger partial charge in [0.05, 0.1) is 24.3 Å². The van der Waals surface area contributed by atoms with Crippen molar-refractivity contribution in [1.29, 1.82) is 0 Å². The van der Waals surface area contributed by atoms with Crippen LogP contribution in [0.15, 0.2) is 23.1 Å². The first-order valence-corrected chi connectivity index (χ1v) is 5.29. The molecule has 0 bridgehead atoms. The highest BCUT2D eigenvalue weighted by molar-refractivity contribution is 5.82. The van der Waals surface area contributed by atoms with E-state index in [-0.39, 0.29) is 11.6 Å². The molecule has 0 saturated carbocycles. The summed E-state index contributed by atoms with van der Waals surface area (Å²) in [4.78, 5) is 15.9. The fourth-order valence-corrected chi connectivity index (χ4v) is 2.49. The van der Waals surface area contributed by atoms with Gasteiger partial charge in [-0.25, -0.2) is 4.98 Å². The molecule has 1 aromatic carbocycles. The standard InChI is InChI=1S/C12H12N2O2/c1-7-5-8-10(16-2)4-3-9-12(8)14(7)11(15)6-13-9/h3-4,6-7H,5H2,1-2H3. The number of aromatic nitrogens is 2. The molecule has 0 N–H and O–H groups in total. The third-order valence-electron chi connectivity index (χ3n) is 3.17. The quantitative estimate of drug-likeness (QED) is 0.726. The van der Waals surface area contributed by atoms with Gasteiger partial charge in [0.2, 0.25) is 0 Å². The summed E-state index contributed by atoms with van der Waals surface area (Å²) in [7, 11) is 1.65. The average Bonchev–Trinajstić information content (AvgIpc) is 2.63. The van der Waals surface area contributed by atoms with Crippen molar-refractivity contribution >= 4 is 11.0 Å². The Morgan fingerprint density at radius 1 is 1.50 bits per heavy atom. The molecule has 1 atom stereocenters. The van der Waals surface area contributed by atoms with E-state index < -0.39 is 0 Å². The normalized spacial score (nSPS) is 18.0. The van der Waals surface area contributed by atoms with E-state index in [9.17, 15) is 4.79 Å². The molecule has 4 nitrogen and oxygen atoms in total. The van der Waals surface area contributed by atoms with Gasteiger partial charge in [0.15, 0.2) is 0 Å². The lowest BCUT2D eigenvalue weighted by atomic mass is 10.1. The van der Waals surface area contributed by atoms with Crippen LogP contribution >= 0.6 is 0 Å². The van der Waals surface area contributed by atoms with Gasteiger partial charge in [-0.15, -0.1) is 0 Å². The van der Waals surface area contributed by atoms with Crippen LogP contribution in [0.1, 0.15) is 18.5 Å². The Morgan fingerprint density at radius 3 is 3.06 bits per heavy atom. The minimum Gasteiger partial charge on any atom is -0.496 e. The molecule has 0 amide bonds. The summed E-state index contributed by atoms with van der Waals surface area (Å²) in [6.07, 6.45) is 2.22. The average molecular weight is 216 g/mol. The first-order valence-electron chi connectivity index (χ1n) is 5.29. The molecule has 1 unspecified atom stereocenters. The van der Waals surface area contributed by atoms with Gasteiger partial charge < -0.3 is 9.30 Å². The molecule has 0 saturated heterocycles. The highest BCUT2D eigenvalue weighted by atomic mass is 16.5. The molecule has 4 heteroatoms. The van der Waals surface area contributed by atoms with Crippen molar-refractivity contribution in [2.24, 2.45) is 0 Å². The van der Waals surface area contributed by atoms with E-state index >= 15 is 0 Å². The summed E-state index contributed by atoms with van der Waals surface area (Å²) >= 11 is 0. The van der Waals surface area contributed by atoms with Gasteiger partial charge in [-0.3, -0.25) is 4.79 Å². The topological polar surface area (TPSA) is 44.1 Å². The summed E-state index contributed by atoms with van der Waals surface area (Å²) < 4.78 is 7.13. The second-order valence-electron chi connectivity index (χ2n) is 4.13. The molecule has 0 aliphatic carbocycles. The molecule has 0 spiro atoms. The predicted molar refractivity (Wildman–Crippen MR) is 61.0 cm³/mol. The van der Waals surface area contributed by atoms with Gasteiger partial charge in [0.25, 0.3) is 5.56 Å². The summed E-state index contributed by atoms with van der Waals surface area (Å²) in [6, 6.07) is 3.99. The molecule has 3 rings (SSSR count). The van der Waals surface area contributed by atoms with Gasteiger partial charge in [0, 0.05) is 11.6 Å². The van der Waals surface area contributed by atoms with Crippen LogP contribution in [0.25, 0.3) is 11.0 Å². The minimum atomic E-state index is -0.0352. The van der Waals surface area contributed by atoms with Crippen molar-refractivity contribution in [3.05, 3.63) is 34.2 Å². The Hall–Kier alpha value is -1.84. The molecule has 16 heavy (non-hydrogen) atoms. The number of ether oxygens (including phenoxy) is 1. The SMILES string of the molecule is COc1ccc2ncc(=O)n3c2c1CC3C. The fourth-order valence-electron chi connectivity index (χ4n) is 2.49. The summed E-state index contributed by atoms with van der Waals surface area (Å²) in [6.45, 7) is 2.04. The van der Waals surface area contributed by atoms with E-state index in [0.29, 0.717) is 0 Å². The Balaban J connectivity index is 2.51. The number of benzene rings is 1. The number of rotatable bonds is 1. The van der Waals surface area contributed by atoms with E-state index in [1.165, 1.54) is 6.20 Å². The minimum absolute atomic E-state index is 0.0352. The molecule has 0 radical (unpaired) electrons.